The molecule has 0 aromatic carbocycles. The third kappa shape index (κ3) is 2.24. The second kappa shape index (κ2) is 4.85. The van der Waals surface area contributed by atoms with Crippen LogP contribution in [-0.4, -0.2) is 33.4 Å². The summed E-state index contributed by atoms with van der Waals surface area (Å²) in [6, 6.07) is 0. The van der Waals surface area contributed by atoms with E-state index in [1.165, 1.54) is 0 Å². The monoisotopic (exact) mass is 274 g/mol. The second-order valence-corrected chi connectivity index (χ2v) is 4.91. The lowest BCUT2D eigenvalue weighted by atomic mass is 10.4. The number of rotatable bonds is 4. The Bertz CT molecular complexity index is 675. The van der Waals surface area contributed by atoms with E-state index in [0.29, 0.717) is 6.54 Å². The molecule has 0 aliphatic carbocycles. The largest absolute Gasteiger partial charge is 0.372 e. The van der Waals surface area contributed by atoms with Crippen molar-refractivity contribution in [1.29, 1.82) is 0 Å². The van der Waals surface area contributed by atoms with E-state index >= 15 is 0 Å². The number of nitrogens with zero attached hydrogens (tertiary/aromatic N) is 5. The van der Waals surface area contributed by atoms with E-state index in [9.17, 15) is 0 Å². The maximum atomic E-state index is 4.58. The zero-order valence-electron chi connectivity index (χ0n) is 10.7. The van der Waals surface area contributed by atoms with Crippen LogP contribution in [0, 0.1) is 0 Å². The van der Waals surface area contributed by atoms with Crippen LogP contribution in [0.5, 0.6) is 0 Å². The molecular formula is C12H14N6S. The highest BCUT2D eigenvalue weighted by Gasteiger charge is 2.12. The van der Waals surface area contributed by atoms with E-state index in [-0.39, 0.29) is 0 Å². The fourth-order valence-electron chi connectivity index (χ4n) is 1.93. The molecule has 0 aliphatic heterocycles. The van der Waals surface area contributed by atoms with Crippen LogP contribution in [-0.2, 0) is 6.54 Å². The van der Waals surface area contributed by atoms with Gasteiger partial charge in [0, 0.05) is 31.9 Å². The fraction of sp³-hybridized carbons (Fsp3) is 0.250. The molecular weight excluding hydrogens is 260 g/mol. The molecule has 0 saturated carbocycles. The van der Waals surface area contributed by atoms with Crippen molar-refractivity contribution in [3.05, 3.63) is 35.2 Å². The van der Waals surface area contributed by atoms with Gasteiger partial charge in [0.1, 0.15) is 5.82 Å². The van der Waals surface area contributed by atoms with Crippen LogP contribution in [0.15, 0.2) is 29.5 Å². The molecule has 3 aromatic heterocycles. The van der Waals surface area contributed by atoms with Crippen molar-refractivity contribution in [3.63, 3.8) is 0 Å². The number of hydrogen-bond acceptors (Lipinski definition) is 6. The quantitative estimate of drug-likeness (QED) is 0.787. The van der Waals surface area contributed by atoms with Gasteiger partial charge >= 0.3 is 0 Å². The van der Waals surface area contributed by atoms with Crippen LogP contribution in [0.3, 0.4) is 0 Å². The van der Waals surface area contributed by atoms with Crippen molar-refractivity contribution >= 4 is 28.6 Å². The van der Waals surface area contributed by atoms with Gasteiger partial charge in [-0.3, -0.25) is 0 Å². The number of anilines is 2. The molecule has 0 fully saturated rings. The number of nitrogens with one attached hydrogen (secondary N) is 1. The van der Waals surface area contributed by atoms with Gasteiger partial charge in [-0.05, 0) is 0 Å². The fourth-order valence-corrected chi connectivity index (χ4v) is 2.47. The van der Waals surface area contributed by atoms with Gasteiger partial charge in [0.25, 0.3) is 0 Å². The first kappa shape index (κ1) is 11.9. The molecule has 0 saturated heterocycles. The van der Waals surface area contributed by atoms with Crippen LogP contribution < -0.4 is 10.2 Å². The Kier molecular flexibility index (Phi) is 3.04. The van der Waals surface area contributed by atoms with Gasteiger partial charge in [-0.2, -0.15) is 0 Å². The van der Waals surface area contributed by atoms with Crippen LogP contribution in [0.2, 0.25) is 0 Å². The third-order valence-electron chi connectivity index (χ3n) is 2.86. The predicted molar refractivity (Wildman–Crippen MR) is 76.8 cm³/mol. The zero-order chi connectivity index (χ0) is 13.2. The van der Waals surface area contributed by atoms with Crippen molar-refractivity contribution in [3.8, 4) is 0 Å². The van der Waals surface area contributed by atoms with Gasteiger partial charge < -0.3 is 14.6 Å². The zero-order valence-corrected chi connectivity index (χ0v) is 11.6. The summed E-state index contributed by atoms with van der Waals surface area (Å²) in [5, 5.41) is 5.11. The Morgan fingerprint density at radius 3 is 3.05 bits per heavy atom. The average molecular weight is 274 g/mol. The molecule has 0 bridgehead atoms. The minimum absolute atomic E-state index is 0.714. The molecule has 0 spiro atoms. The lowest BCUT2D eigenvalue weighted by Crippen LogP contribution is -2.19. The van der Waals surface area contributed by atoms with E-state index in [0.717, 1.165) is 23.0 Å². The molecule has 3 rings (SSSR count). The molecule has 19 heavy (non-hydrogen) atoms. The molecule has 3 aromatic rings. The number of thiazole rings is 1. The Morgan fingerprint density at radius 1 is 1.42 bits per heavy atom. The number of imidazole rings is 1. The van der Waals surface area contributed by atoms with Crippen molar-refractivity contribution in [2.24, 2.45) is 0 Å². The third-order valence-corrected chi connectivity index (χ3v) is 3.49. The van der Waals surface area contributed by atoms with Crippen LogP contribution in [0.4, 0.5) is 11.6 Å². The van der Waals surface area contributed by atoms with Gasteiger partial charge in [-0.1, -0.05) is 0 Å². The first-order valence-corrected chi connectivity index (χ1v) is 6.82. The standard InChI is InChI=1S/C12H14N6S/c1-13-10-6-18-4-3-14-11(18)12(16-10)17(2)5-9-7-19-8-15-9/h3-4,6-8,13H,5H2,1-2H3. The van der Waals surface area contributed by atoms with Gasteiger partial charge in [0.15, 0.2) is 11.5 Å². The predicted octanol–water partition coefficient (Wildman–Crippen LogP) is 1.86. The molecule has 0 radical (unpaired) electrons. The van der Waals surface area contributed by atoms with E-state index in [2.05, 4.69) is 25.2 Å². The molecule has 0 atom stereocenters. The smallest absolute Gasteiger partial charge is 0.180 e. The Hall–Kier alpha value is -2.15. The van der Waals surface area contributed by atoms with Crippen molar-refractivity contribution in [2.45, 2.75) is 6.54 Å². The highest BCUT2D eigenvalue weighted by atomic mass is 32.1. The molecule has 6 nitrogen and oxygen atoms in total. The average Bonchev–Trinajstić information content (AvgIpc) is 3.07. The lowest BCUT2D eigenvalue weighted by molar-refractivity contribution is 0.870. The molecule has 0 unspecified atom stereocenters. The first-order chi connectivity index (χ1) is 9.28. The summed E-state index contributed by atoms with van der Waals surface area (Å²) in [7, 11) is 3.85. The van der Waals surface area contributed by atoms with Gasteiger partial charge in [0.05, 0.1) is 23.9 Å². The molecule has 3 heterocycles. The summed E-state index contributed by atoms with van der Waals surface area (Å²) in [4.78, 5) is 15.3. The normalized spacial score (nSPS) is 10.8. The molecule has 7 heteroatoms. The van der Waals surface area contributed by atoms with Crippen molar-refractivity contribution in [1.82, 2.24) is 19.4 Å². The molecule has 1 N–H and O–H groups in total. The Morgan fingerprint density at radius 2 is 2.32 bits per heavy atom. The molecule has 98 valence electrons. The number of fused-ring (bicyclic) bond motifs is 1. The van der Waals surface area contributed by atoms with Gasteiger partial charge in [-0.15, -0.1) is 11.3 Å². The Balaban J connectivity index is 2.00. The summed E-state index contributed by atoms with van der Waals surface area (Å²) in [6.45, 7) is 0.714. The topological polar surface area (TPSA) is 58.4 Å². The highest BCUT2D eigenvalue weighted by Crippen LogP contribution is 2.21. The van der Waals surface area contributed by atoms with Crippen molar-refractivity contribution < 1.29 is 0 Å². The molecule has 0 aliphatic rings. The minimum atomic E-state index is 0.714. The van der Waals surface area contributed by atoms with Crippen LogP contribution in [0.1, 0.15) is 5.69 Å². The maximum absolute atomic E-state index is 4.58. The first-order valence-electron chi connectivity index (χ1n) is 5.87. The molecule has 0 amide bonds. The maximum Gasteiger partial charge on any atom is 0.180 e. The number of hydrogen-bond donors (Lipinski definition) is 1. The summed E-state index contributed by atoms with van der Waals surface area (Å²) in [5.41, 5.74) is 3.72. The van der Waals surface area contributed by atoms with Gasteiger partial charge in [0.2, 0.25) is 0 Å². The van der Waals surface area contributed by atoms with E-state index in [1.54, 1.807) is 17.5 Å². The van der Waals surface area contributed by atoms with E-state index in [1.807, 2.05) is 41.8 Å². The summed E-state index contributed by atoms with van der Waals surface area (Å²) < 4.78 is 1.96. The van der Waals surface area contributed by atoms with Crippen molar-refractivity contribution in [2.75, 3.05) is 24.3 Å². The Labute approximate surface area is 114 Å². The van der Waals surface area contributed by atoms with Gasteiger partial charge in [-0.25, -0.2) is 15.0 Å². The van der Waals surface area contributed by atoms with E-state index < -0.39 is 0 Å². The van der Waals surface area contributed by atoms with Crippen LogP contribution in [0.25, 0.3) is 5.65 Å². The lowest BCUT2D eigenvalue weighted by Gasteiger charge is -2.18. The van der Waals surface area contributed by atoms with Crippen LogP contribution >= 0.6 is 11.3 Å². The highest BCUT2D eigenvalue weighted by molar-refractivity contribution is 7.07. The summed E-state index contributed by atoms with van der Waals surface area (Å²) >= 11 is 1.60. The van der Waals surface area contributed by atoms with E-state index in [4.69, 9.17) is 0 Å². The summed E-state index contributed by atoms with van der Waals surface area (Å²) in [6.07, 6.45) is 5.61. The summed E-state index contributed by atoms with van der Waals surface area (Å²) in [5.74, 6) is 1.65. The SMILES string of the molecule is CNc1cn2ccnc2c(N(C)Cc2cscn2)n1. The minimum Gasteiger partial charge on any atom is -0.372 e. The number of aromatic nitrogens is 4. The second-order valence-electron chi connectivity index (χ2n) is 4.19.